The molecule has 5 aromatic rings. The molecule has 40 heavy (non-hydrogen) atoms. The third kappa shape index (κ3) is 4.91. The Morgan fingerprint density at radius 3 is 2.35 bits per heavy atom. The topological polar surface area (TPSA) is 82.9 Å². The van der Waals surface area contributed by atoms with Crippen molar-refractivity contribution in [3.63, 3.8) is 0 Å². The second-order valence-electron chi connectivity index (χ2n) is 10.9. The predicted octanol–water partition coefficient (Wildman–Crippen LogP) is 4.71. The molecule has 0 aliphatic carbocycles. The molecule has 3 aromatic carbocycles. The highest BCUT2D eigenvalue weighted by Gasteiger charge is 2.33. The maximum Gasteiger partial charge on any atom is 0.253 e. The third-order valence-electron chi connectivity index (χ3n) is 8.13. The van der Waals surface area contributed by atoms with Crippen LogP contribution in [0.3, 0.4) is 0 Å². The monoisotopic (exact) mass is 533 g/mol. The first-order valence-electron chi connectivity index (χ1n) is 13.9. The summed E-state index contributed by atoms with van der Waals surface area (Å²) in [6, 6.07) is 22.6. The van der Waals surface area contributed by atoms with E-state index in [1.54, 1.807) is 0 Å². The number of tetrazole rings is 1. The van der Waals surface area contributed by atoms with Gasteiger partial charge in [0.15, 0.2) is 5.82 Å². The van der Waals surface area contributed by atoms with Crippen LogP contribution >= 0.6 is 0 Å². The number of aromatic amines is 1. The number of nitrogens with one attached hydrogen (secondary N) is 1. The Balaban J connectivity index is 1.41. The van der Waals surface area contributed by atoms with E-state index in [9.17, 15) is 4.79 Å². The Kier molecular flexibility index (Phi) is 6.94. The molecule has 0 spiro atoms. The molecule has 1 N–H and O–H groups in total. The zero-order valence-corrected chi connectivity index (χ0v) is 23.6. The molecule has 8 nitrogen and oxygen atoms in total. The minimum atomic E-state index is -0.382. The molecule has 3 heterocycles. The molecule has 2 aromatic heterocycles. The fourth-order valence-corrected chi connectivity index (χ4v) is 5.85. The number of piperazine rings is 1. The minimum absolute atomic E-state index is 0.0996. The number of H-pyrrole nitrogens is 1. The Morgan fingerprint density at radius 1 is 0.850 bits per heavy atom. The molecule has 0 bridgehead atoms. The van der Waals surface area contributed by atoms with E-state index >= 15 is 0 Å². The van der Waals surface area contributed by atoms with Crippen molar-refractivity contribution in [1.29, 1.82) is 0 Å². The smallest absolute Gasteiger partial charge is 0.253 e. The van der Waals surface area contributed by atoms with Crippen LogP contribution in [0.1, 0.15) is 45.2 Å². The Bertz CT molecular complexity index is 1720. The standard InChI is InChI=1S/C32H35N7O/c1-21-10-11-23(3)28(18-21)37-14-16-38(17-15-37)30(31-34-35-36-39(31)20-25-8-6-5-7-9-25)27-19-26-22(2)12-13-24(4)29(26)33-32(27)40/h5-13,18-19,30H,14-17,20H2,1-4H3,(H,33,40)/t30-/m1/s1. The molecule has 1 atom stereocenters. The first-order chi connectivity index (χ1) is 19.4. The van der Waals surface area contributed by atoms with Crippen molar-refractivity contribution in [2.24, 2.45) is 0 Å². The molecule has 1 fully saturated rings. The average Bonchev–Trinajstić information content (AvgIpc) is 3.41. The minimum Gasteiger partial charge on any atom is -0.369 e. The van der Waals surface area contributed by atoms with Crippen LogP contribution in [-0.2, 0) is 6.54 Å². The summed E-state index contributed by atoms with van der Waals surface area (Å²) in [6.45, 7) is 12.2. The summed E-state index contributed by atoms with van der Waals surface area (Å²) in [5.74, 6) is 0.680. The molecule has 0 radical (unpaired) electrons. The number of fused-ring (bicyclic) bond motifs is 1. The molecule has 0 amide bonds. The number of aromatic nitrogens is 5. The number of benzene rings is 3. The van der Waals surface area contributed by atoms with Gasteiger partial charge in [0.1, 0.15) is 6.04 Å². The van der Waals surface area contributed by atoms with Crippen molar-refractivity contribution in [3.05, 3.63) is 116 Å². The predicted molar refractivity (Wildman–Crippen MR) is 159 cm³/mol. The summed E-state index contributed by atoms with van der Waals surface area (Å²) in [6.07, 6.45) is 0. The van der Waals surface area contributed by atoms with Crippen LogP contribution < -0.4 is 10.5 Å². The number of hydrogen-bond donors (Lipinski definition) is 1. The van der Waals surface area contributed by atoms with Crippen LogP contribution in [0.2, 0.25) is 0 Å². The quantitative estimate of drug-likeness (QED) is 0.341. The third-order valence-corrected chi connectivity index (χ3v) is 8.13. The molecule has 8 heteroatoms. The zero-order chi connectivity index (χ0) is 27.8. The summed E-state index contributed by atoms with van der Waals surface area (Å²) in [5, 5.41) is 14.0. The van der Waals surface area contributed by atoms with Crippen molar-refractivity contribution in [1.82, 2.24) is 30.1 Å². The lowest BCUT2D eigenvalue weighted by atomic mass is 9.99. The molecular weight excluding hydrogens is 498 g/mol. The van der Waals surface area contributed by atoms with Crippen molar-refractivity contribution in [3.8, 4) is 0 Å². The van der Waals surface area contributed by atoms with Gasteiger partial charge >= 0.3 is 0 Å². The van der Waals surface area contributed by atoms with Gasteiger partial charge in [-0.25, -0.2) is 4.68 Å². The van der Waals surface area contributed by atoms with Crippen LogP contribution in [0.5, 0.6) is 0 Å². The average molecular weight is 534 g/mol. The molecule has 1 saturated heterocycles. The lowest BCUT2D eigenvalue weighted by Crippen LogP contribution is -2.49. The number of rotatable bonds is 6. The van der Waals surface area contributed by atoms with E-state index in [0.717, 1.165) is 53.8 Å². The summed E-state index contributed by atoms with van der Waals surface area (Å²) in [7, 11) is 0. The van der Waals surface area contributed by atoms with E-state index in [0.29, 0.717) is 17.9 Å². The van der Waals surface area contributed by atoms with Gasteiger partial charge in [0, 0.05) is 42.8 Å². The molecule has 6 rings (SSSR count). The Morgan fingerprint density at radius 2 is 1.57 bits per heavy atom. The molecule has 0 saturated carbocycles. The van der Waals surface area contributed by atoms with Gasteiger partial charge in [0.25, 0.3) is 5.56 Å². The van der Waals surface area contributed by atoms with Crippen LogP contribution in [0, 0.1) is 27.7 Å². The van der Waals surface area contributed by atoms with E-state index in [1.807, 2.05) is 29.8 Å². The summed E-state index contributed by atoms with van der Waals surface area (Å²) in [5.41, 5.74) is 8.55. The highest BCUT2D eigenvalue weighted by Crippen LogP contribution is 2.31. The van der Waals surface area contributed by atoms with Crippen LogP contribution in [-0.4, -0.2) is 56.3 Å². The van der Waals surface area contributed by atoms with Gasteiger partial charge in [0.05, 0.1) is 12.1 Å². The second-order valence-corrected chi connectivity index (χ2v) is 10.9. The second kappa shape index (κ2) is 10.7. The van der Waals surface area contributed by atoms with Gasteiger partial charge in [0.2, 0.25) is 0 Å². The van der Waals surface area contributed by atoms with Crippen molar-refractivity contribution < 1.29 is 0 Å². The van der Waals surface area contributed by atoms with Gasteiger partial charge in [-0.15, -0.1) is 5.10 Å². The van der Waals surface area contributed by atoms with E-state index < -0.39 is 0 Å². The molecule has 1 aliphatic rings. The van der Waals surface area contributed by atoms with E-state index in [2.05, 4.69) is 99.6 Å². The van der Waals surface area contributed by atoms with Crippen LogP contribution in [0.25, 0.3) is 10.9 Å². The Hall–Kier alpha value is -4.30. The zero-order valence-electron chi connectivity index (χ0n) is 23.6. The number of hydrogen-bond acceptors (Lipinski definition) is 6. The van der Waals surface area contributed by atoms with Crippen LogP contribution in [0.15, 0.2) is 71.5 Å². The lowest BCUT2D eigenvalue weighted by molar-refractivity contribution is 0.200. The molecule has 1 aliphatic heterocycles. The largest absolute Gasteiger partial charge is 0.369 e. The Labute approximate surface area is 234 Å². The molecule has 0 unspecified atom stereocenters. The summed E-state index contributed by atoms with van der Waals surface area (Å²) >= 11 is 0. The lowest BCUT2D eigenvalue weighted by Gasteiger charge is -2.40. The van der Waals surface area contributed by atoms with Gasteiger partial charge in [-0.2, -0.15) is 0 Å². The maximum absolute atomic E-state index is 13.7. The summed E-state index contributed by atoms with van der Waals surface area (Å²) in [4.78, 5) is 21.7. The van der Waals surface area contributed by atoms with E-state index in [-0.39, 0.29) is 11.6 Å². The van der Waals surface area contributed by atoms with E-state index in [4.69, 9.17) is 0 Å². The number of pyridine rings is 1. The van der Waals surface area contributed by atoms with Crippen molar-refractivity contribution in [2.45, 2.75) is 40.3 Å². The van der Waals surface area contributed by atoms with Gasteiger partial charge in [-0.1, -0.05) is 54.6 Å². The van der Waals surface area contributed by atoms with Crippen molar-refractivity contribution in [2.75, 3.05) is 31.1 Å². The fourth-order valence-electron chi connectivity index (χ4n) is 5.85. The van der Waals surface area contributed by atoms with Gasteiger partial charge in [-0.3, -0.25) is 9.69 Å². The van der Waals surface area contributed by atoms with E-state index in [1.165, 1.54) is 16.8 Å². The SMILES string of the molecule is Cc1ccc(C)c(N2CCN([C@H](c3cc4c(C)ccc(C)c4[nH]c3=O)c3nnnn3Cc3ccccc3)CC2)c1. The van der Waals surface area contributed by atoms with Crippen molar-refractivity contribution >= 4 is 16.6 Å². The molecule has 204 valence electrons. The van der Waals surface area contributed by atoms with Gasteiger partial charge in [-0.05, 0) is 78.1 Å². The molecular formula is C32H35N7O. The maximum atomic E-state index is 13.7. The normalized spacial score (nSPS) is 15.1. The fraction of sp³-hybridized carbons (Fsp3) is 0.312. The first-order valence-corrected chi connectivity index (χ1v) is 13.9. The van der Waals surface area contributed by atoms with Gasteiger partial charge < -0.3 is 9.88 Å². The highest BCUT2D eigenvalue weighted by atomic mass is 16.1. The highest BCUT2D eigenvalue weighted by molar-refractivity contribution is 5.85. The number of aryl methyl sites for hydroxylation is 4. The first kappa shape index (κ1) is 26.0. The van der Waals surface area contributed by atoms with Crippen LogP contribution in [0.4, 0.5) is 5.69 Å². The summed E-state index contributed by atoms with van der Waals surface area (Å²) < 4.78 is 1.84. The number of nitrogens with zero attached hydrogens (tertiary/aromatic N) is 6. The number of anilines is 1.